The van der Waals surface area contributed by atoms with Gasteiger partial charge in [-0.3, -0.25) is 0 Å². The van der Waals surface area contributed by atoms with Crippen molar-refractivity contribution in [3.8, 4) is 22.3 Å². The fourth-order valence-electron chi connectivity index (χ4n) is 4.98. The topological polar surface area (TPSA) is 0 Å². The zero-order chi connectivity index (χ0) is 26.2. The number of hydrogen-bond acceptors (Lipinski definition) is 0. The van der Waals surface area contributed by atoms with E-state index in [1.807, 2.05) is 0 Å². The van der Waals surface area contributed by atoms with Crippen molar-refractivity contribution in [1.29, 1.82) is 0 Å². The van der Waals surface area contributed by atoms with Gasteiger partial charge in [0, 0.05) is 0 Å². The zero-order valence-electron chi connectivity index (χ0n) is 23.5. The molecule has 0 heteroatoms. The maximum Gasteiger partial charge on any atom is -0.0146 e. The van der Waals surface area contributed by atoms with Gasteiger partial charge in [0.25, 0.3) is 0 Å². The van der Waals surface area contributed by atoms with Crippen LogP contribution >= 0.6 is 0 Å². The minimum Gasteiger partial charge on any atom is -0.0619 e. The molecule has 0 aromatic heterocycles. The highest BCUT2D eigenvalue weighted by molar-refractivity contribution is 5.72. The fraction of sp³-hybridized carbons (Fsp3) is 0.333. The smallest absolute Gasteiger partial charge is 0.0146 e. The van der Waals surface area contributed by atoms with Crippen LogP contribution in [0, 0.1) is 0 Å². The molecule has 36 heavy (non-hydrogen) atoms. The monoisotopic (exact) mass is 476 g/mol. The molecule has 0 saturated carbocycles. The van der Waals surface area contributed by atoms with Crippen LogP contribution in [0.2, 0.25) is 0 Å². The summed E-state index contributed by atoms with van der Waals surface area (Å²) >= 11 is 0. The molecule has 0 aliphatic rings. The SMILES string of the molecule is CC(C)c1ccccc1-c1ccccc1C(C)C.CC(C)c1ccccc1-c1ccccc1C(C)C. The Morgan fingerprint density at radius 2 is 0.444 bits per heavy atom. The van der Waals surface area contributed by atoms with Gasteiger partial charge in [-0.25, -0.2) is 0 Å². The van der Waals surface area contributed by atoms with E-state index >= 15 is 0 Å². The van der Waals surface area contributed by atoms with Crippen LogP contribution in [0.25, 0.3) is 22.3 Å². The van der Waals surface area contributed by atoms with Gasteiger partial charge in [-0.15, -0.1) is 0 Å². The molecule has 0 aliphatic carbocycles. The van der Waals surface area contributed by atoms with Gasteiger partial charge in [0.05, 0.1) is 0 Å². The molecule has 0 nitrogen and oxygen atoms in total. The Bertz CT molecular complexity index is 1040. The highest BCUT2D eigenvalue weighted by Crippen LogP contribution is 2.35. The van der Waals surface area contributed by atoms with Crippen LogP contribution in [0.15, 0.2) is 97.1 Å². The lowest BCUT2D eigenvalue weighted by atomic mass is 9.87. The molecule has 0 aliphatic heterocycles. The van der Waals surface area contributed by atoms with Gasteiger partial charge < -0.3 is 0 Å². The summed E-state index contributed by atoms with van der Waals surface area (Å²) in [4.78, 5) is 0. The fourth-order valence-corrected chi connectivity index (χ4v) is 4.98. The van der Waals surface area contributed by atoms with Gasteiger partial charge in [0.1, 0.15) is 0 Å². The first-order valence-corrected chi connectivity index (χ1v) is 13.6. The molecule has 188 valence electrons. The van der Waals surface area contributed by atoms with Gasteiger partial charge in [-0.1, -0.05) is 152 Å². The predicted molar refractivity (Wildman–Crippen MR) is 160 cm³/mol. The normalized spacial score (nSPS) is 11.2. The molecule has 0 amide bonds. The summed E-state index contributed by atoms with van der Waals surface area (Å²) < 4.78 is 0. The van der Waals surface area contributed by atoms with Gasteiger partial charge >= 0.3 is 0 Å². The van der Waals surface area contributed by atoms with Crippen molar-refractivity contribution in [2.45, 2.75) is 79.1 Å². The van der Waals surface area contributed by atoms with Crippen LogP contribution in [0.3, 0.4) is 0 Å². The Morgan fingerprint density at radius 1 is 0.278 bits per heavy atom. The summed E-state index contributed by atoms with van der Waals surface area (Å²) in [5.41, 5.74) is 11.3. The third-order valence-electron chi connectivity index (χ3n) is 6.91. The quantitative estimate of drug-likeness (QED) is 0.259. The minimum atomic E-state index is 0.557. The molecule has 0 radical (unpaired) electrons. The van der Waals surface area contributed by atoms with Crippen LogP contribution in [0.1, 0.15) is 101 Å². The van der Waals surface area contributed by atoms with Crippen LogP contribution in [-0.2, 0) is 0 Å². The first-order chi connectivity index (χ1) is 17.2. The lowest BCUT2D eigenvalue weighted by molar-refractivity contribution is 0.857. The molecule has 0 atom stereocenters. The van der Waals surface area contributed by atoms with E-state index < -0.39 is 0 Å². The van der Waals surface area contributed by atoms with Gasteiger partial charge in [0.15, 0.2) is 0 Å². The maximum atomic E-state index is 2.26. The molecular weight excluding hydrogens is 432 g/mol. The highest BCUT2D eigenvalue weighted by Gasteiger charge is 2.13. The lowest BCUT2D eigenvalue weighted by Gasteiger charge is -2.17. The first-order valence-electron chi connectivity index (χ1n) is 13.6. The average molecular weight is 477 g/mol. The largest absolute Gasteiger partial charge is 0.0619 e. The Labute approximate surface area is 220 Å². The molecule has 4 aromatic carbocycles. The molecule has 0 fully saturated rings. The summed E-state index contributed by atoms with van der Waals surface area (Å²) in [5.74, 6) is 2.23. The Morgan fingerprint density at radius 3 is 0.611 bits per heavy atom. The van der Waals surface area contributed by atoms with E-state index in [1.165, 1.54) is 44.5 Å². The third-order valence-corrected chi connectivity index (χ3v) is 6.91. The molecular formula is C36H44. The summed E-state index contributed by atoms with van der Waals surface area (Å²) in [6.07, 6.45) is 0. The van der Waals surface area contributed by atoms with Crippen LogP contribution in [0.5, 0.6) is 0 Å². The van der Waals surface area contributed by atoms with Gasteiger partial charge in [0.2, 0.25) is 0 Å². The first kappa shape index (κ1) is 27.5. The van der Waals surface area contributed by atoms with Gasteiger partial charge in [-0.05, 0) is 68.2 Å². The molecule has 0 heterocycles. The van der Waals surface area contributed by atoms with Crippen molar-refractivity contribution >= 4 is 0 Å². The second-order valence-electron chi connectivity index (χ2n) is 11.0. The van der Waals surface area contributed by atoms with Crippen molar-refractivity contribution in [3.05, 3.63) is 119 Å². The van der Waals surface area contributed by atoms with E-state index in [2.05, 4.69) is 152 Å². The van der Waals surface area contributed by atoms with Gasteiger partial charge in [-0.2, -0.15) is 0 Å². The van der Waals surface area contributed by atoms with E-state index in [0.29, 0.717) is 23.7 Å². The maximum absolute atomic E-state index is 2.26. The molecule has 0 saturated heterocycles. The Hall–Kier alpha value is -3.12. The Kier molecular flexibility index (Phi) is 9.71. The number of rotatable bonds is 6. The Balaban J connectivity index is 0.000000201. The van der Waals surface area contributed by atoms with Crippen molar-refractivity contribution in [2.75, 3.05) is 0 Å². The summed E-state index contributed by atoms with van der Waals surface area (Å²) in [6.45, 7) is 18.1. The minimum absolute atomic E-state index is 0.557. The standard InChI is InChI=1S/2C18H22/c2*1-13(2)15-9-5-7-11-17(15)18-12-8-6-10-16(18)14(3)4/h2*5-14H,1-4H3. The van der Waals surface area contributed by atoms with Crippen LogP contribution < -0.4 is 0 Å². The van der Waals surface area contributed by atoms with E-state index in [4.69, 9.17) is 0 Å². The summed E-state index contributed by atoms with van der Waals surface area (Å²) in [5, 5.41) is 0. The third kappa shape index (κ3) is 6.55. The van der Waals surface area contributed by atoms with Crippen molar-refractivity contribution in [2.24, 2.45) is 0 Å². The van der Waals surface area contributed by atoms with Crippen molar-refractivity contribution in [1.82, 2.24) is 0 Å². The molecule has 4 rings (SSSR count). The van der Waals surface area contributed by atoms with E-state index in [0.717, 1.165) is 0 Å². The molecule has 0 N–H and O–H groups in total. The van der Waals surface area contributed by atoms with E-state index in [1.54, 1.807) is 0 Å². The van der Waals surface area contributed by atoms with Crippen molar-refractivity contribution < 1.29 is 0 Å². The summed E-state index contributed by atoms with van der Waals surface area (Å²) in [6, 6.07) is 35.1. The average Bonchev–Trinajstić information content (AvgIpc) is 2.89. The van der Waals surface area contributed by atoms with Crippen molar-refractivity contribution in [3.63, 3.8) is 0 Å². The number of benzene rings is 4. The molecule has 4 aromatic rings. The predicted octanol–water partition coefficient (Wildman–Crippen LogP) is 11.2. The number of hydrogen-bond donors (Lipinski definition) is 0. The second-order valence-corrected chi connectivity index (χ2v) is 11.0. The molecule has 0 bridgehead atoms. The highest BCUT2D eigenvalue weighted by atomic mass is 14.2. The second kappa shape index (κ2) is 12.7. The van der Waals surface area contributed by atoms with Crippen LogP contribution in [0.4, 0.5) is 0 Å². The van der Waals surface area contributed by atoms with E-state index in [9.17, 15) is 0 Å². The molecule has 0 unspecified atom stereocenters. The zero-order valence-corrected chi connectivity index (χ0v) is 23.5. The molecule has 0 spiro atoms. The van der Waals surface area contributed by atoms with E-state index in [-0.39, 0.29) is 0 Å². The summed E-state index contributed by atoms with van der Waals surface area (Å²) in [7, 11) is 0. The lowest BCUT2D eigenvalue weighted by Crippen LogP contribution is -1.96. The van der Waals surface area contributed by atoms with Crippen LogP contribution in [-0.4, -0.2) is 0 Å².